The molecule has 0 radical (unpaired) electrons. The van der Waals surface area contributed by atoms with Gasteiger partial charge in [0.2, 0.25) is 0 Å². The quantitative estimate of drug-likeness (QED) is 0.761. The van der Waals surface area contributed by atoms with Gasteiger partial charge >= 0.3 is 0 Å². The summed E-state index contributed by atoms with van der Waals surface area (Å²) in [6, 6.07) is 11.2. The van der Waals surface area contributed by atoms with Crippen molar-refractivity contribution in [1.29, 1.82) is 0 Å². The molecule has 0 spiro atoms. The zero-order valence-electron chi connectivity index (χ0n) is 11.4. The second kappa shape index (κ2) is 5.77. The highest BCUT2D eigenvalue weighted by Crippen LogP contribution is 2.27. The molecule has 0 bridgehead atoms. The fourth-order valence-electron chi connectivity index (χ4n) is 2.20. The van der Waals surface area contributed by atoms with Crippen molar-refractivity contribution in [3.8, 4) is 0 Å². The van der Waals surface area contributed by atoms with Crippen LogP contribution in [0.2, 0.25) is 0 Å². The maximum absolute atomic E-state index is 13.2. The van der Waals surface area contributed by atoms with Crippen molar-refractivity contribution in [3.63, 3.8) is 0 Å². The summed E-state index contributed by atoms with van der Waals surface area (Å²) >= 11 is 1.43. The van der Waals surface area contributed by atoms with Crippen molar-refractivity contribution >= 4 is 26.7 Å². The third-order valence-corrected chi connectivity index (χ3v) is 4.12. The minimum atomic E-state index is -0.253. The normalized spacial score (nSPS) is 12.5. The molecule has 0 aliphatic heterocycles. The van der Waals surface area contributed by atoms with Gasteiger partial charge in [-0.2, -0.15) is 0 Å². The van der Waals surface area contributed by atoms with Gasteiger partial charge in [-0.25, -0.2) is 13.8 Å². The minimum Gasteiger partial charge on any atom is -0.359 e. The zero-order chi connectivity index (χ0) is 14.8. The van der Waals surface area contributed by atoms with Gasteiger partial charge in [-0.1, -0.05) is 23.5 Å². The number of benzene rings is 2. The van der Waals surface area contributed by atoms with Gasteiger partial charge in [0, 0.05) is 6.04 Å². The van der Waals surface area contributed by atoms with Crippen molar-refractivity contribution in [2.45, 2.75) is 19.4 Å². The van der Waals surface area contributed by atoms with Crippen LogP contribution in [0.4, 0.5) is 13.9 Å². The smallest absolute Gasteiger partial charge is 0.184 e. The molecule has 21 heavy (non-hydrogen) atoms. The van der Waals surface area contributed by atoms with Crippen molar-refractivity contribution in [2.75, 3.05) is 5.32 Å². The molecule has 1 N–H and O–H groups in total. The van der Waals surface area contributed by atoms with E-state index in [2.05, 4.69) is 10.3 Å². The van der Waals surface area contributed by atoms with Gasteiger partial charge in [-0.3, -0.25) is 0 Å². The van der Waals surface area contributed by atoms with Crippen LogP contribution in [0.3, 0.4) is 0 Å². The van der Waals surface area contributed by atoms with Gasteiger partial charge in [0.05, 0.1) is 10.2 Å². The maximum Gasteiger partial charge on any atom is 0.184 e. The lowest BCUT2D eigenvalue weighted by atomic mass is 10.1. The Kier molecular flexibility index (Phi) is 3.84. The van der Waals surface area contributed by atoms with E-state index in [-0.39, 0.29) is 17.7 Å². The van der Waals surface area contributed by atoms with Crippen molar-refractivity contribution in [2.24, 2.45) is 0 Å². The van der Waals surface area contributed by atoms with Gasteiger partial charge in [-0.05, 0) is 49.2 Å². The summed E-state index contributed by atoms with van der Waals surface area (Å²) in [6.07, 6.45) is 0.768. The first kappa shape index (κ1) is 13.9. The second-order valence-corrected chi connectivity index (χ2v) is 6.04. The van der Waals surface area contributed by atoms with Crippen molar-refractivity contribution in [3.05, 3.63) is 59.7 Å². The Bertz CT molecular complexity index is 753. The van der Waals surface area contributed by atoms with Gasteiger partial charge in [0.15, 0.2) is 5.13 Å². The number of rotatable bonds is 4. The number of aromatic nitrogens is 1. The van der Waals surface area contributed by atoms with E-state index in [1.54, 1.807) is 18.2 Å². The van der Waals surface area contributed by atoms with Crippen LogP contribution in [-0.4, -0.2) is 11.0 Å². The lowest BCUT2D eigenvalue weighted by molar-refractivity contribution is 0.626. The summed E-state index contributed by atoms with van der Waals surface area (Å²) in [5, 5.41) is 4.07. The van der Waals surface area contributed by atoms with Crippen LogP contribution in [0.25, 0.3) is 10.2 Å². The van der Waals surface area contributed by atoms with Crippen LogP contribution >= 0.6 is 11.3 Å². The largest absolute Gasteiger partial charge is 0.359 e. The van der Waals surface area contributed by atoms with Crippen LogP contribution in [0, 0.1) is 11.6 Å². The monoisotopic (exact) mass is 304 g/mol. The first-order chi connectivity index (χ1) is 10.1. The predicted octanol–water partition coefficient (Wildman–Crippen LogP) is 4.62. The summed E-state index contributed by atoms with van der Waals surface area (Å²) < 4.78 is 26.8. The average molecular weight is 304 g/mol. The molecule has 0 saturated carbocycles. The molecule has 2 nitrogen and oxygen atoms in total. The molecule has 108 valence electrons. The van der Waals surface area contributed by atoms with Crippen LogP contribution in [-0.2, 0) is 6.42 Å². The highest BCUT2D eigenvalue weighted by Gasteiger charge is 2.09. The van der Waals surface area contributed by atoms with Gasteiger partial charge in [0.25, 0.3) is 0 Å². The molecule has 0 saturated heterocycles. The molecule has 1 heterocycles. The van der Waals surface area contributed by atoms with E-state index in [9.17, 15) is 8.78 Å². The van der Waals surface area contributed by atoms with Crippen LogP contribution in [0.1, 0.15) is 12.5 Å². The number of nitrogens with one attached hydrogen (secondary N) is 1. The fraction of sp³-hybridized carbons (Fsp3) is 0.188. The number of hydrogen-bond donors (Lipinski definition) is 1. The molecule has 1 aromatic heterocycles. The van der Waals surface area contributed by atoms with E-state index in [1.807, 2.05) is 6.92 Å². The topological polar surface area (TPSA) is 24.9 Å². The molecule has 1 atom stereocenters. The van der Waals surface area contributed by atoms with E-state index < -0.39 is 0 Å². The molecular formula is C16H14F2N2S. The number of nitrogens with zero attached hydrogens (tertiary/aromatic N) is 1. The summed E-state index contributed by atoms with van der Waals surface area (Å²) in [7, 11) is 0. The number of thiazole rings is 1. The maximum atomic E-state index is 13.2. The molecule has 3 rings (SSSR count). The summed E-state index contributed by atoms with van der Waals surface area (Å²) in [5.74, 6) is -0.482. The molecule has 0 amide bonds. The lowest BCUT2D eigenvalue weighted by Gasteiger charge is -2.12. The number of hydrogen-bond acceptors (Lipinski definition) is 3. The third-order valence-electron chi connectivity index (χ3n) is 3.18. The van der Waals surface area contributed by atoms with Crippen LogP contribution in [0.15, 0.2) is 42.5 Å². The van der Waals surface area contributed by atoms with Gasteiger partial charge in [0.1, 0.15) is 11.6 Å². The van der Waals surface area contributed by atoms with E-state index in [1.165, 1.54) is 35.6 Å². The molecule has 0 aliphatic carbocycles. The standard InChI is InChI=1S/C16H14F2N2S/c1-10(8-11-2-4-12(17)5-3-11)19-16-20-14-7-6-13(18)9-15(14)21-16/h2-7,9-10H,8H2,1H3,(H,19,20). The Morgan fingerprint density at radius 2 is 1.81 bits per heavy atom. The Labute approximate surface area is 125 Å². The van der Waals surface area contributed by atoms with Gasteiger partial charge < -0.3 is 5.32 Å². The highest BCUT2D eigenvalue weighted by molar-refractivity contribution is 7.22. The molecular weight excluding hydrogens is 290 g/mol. The molecule has 2 aromatic carbocycles. The molecule has 5 heteroatoms. The summed E-state index contributed by atoms with van der Waals surface area (Å²) in [5.41, 5.74) is 1.85. The minimum absolute atomic E-state index is 0.154. The number of fused-ring (bicyclic) bond motifs is 1. The second-order valence-electron chi connectivity index (χ2n) is 5.01. The summed E-state index contributed by atoms with van der Waals surface area (Å²) in [4.78, 5) is 4.43. The number of halogens is 2. The third kappa shape index (κ3) is 3.36. The Morgan fingerprint density at radius 1 is 1.10 bits per heavy atom. The molecule has 1 unspecified atom stereocenters. The first-order valence-electron chi connectivity index (χ1n) is 6.67. The lowest BCUT2D eigenvalue weighted by Crippen LogP contribution is -2.17. The number of anilines is 1. The fourth-order valence-corrected chi connectivity index (χ4v) is 3.20. The SMILES string of the molecule is CC(Cc1ccc(F)cc1)Nc1nc2ccc(F)cc2s1. The van der Waals surface area contributed by atoms with E-state index in [4.69, 9.17) is 0 Å². The Morgan fingerprint density at radius 3 is 2.57 bits per heavy atom. The van der Waals surface area contributed by atoms with Crippen molar-refractivity contribution < 1.29 is 8.78 Å². The Balaban J connectivity index is 1.70. The van der Waals surface area contributed by atoms with Crippen LogP contribution in [0.5, 0.6) is 0 Å². The predicted molar refractivity (Wildman–Crippen MR) is 82.8 cm³/mol. The van der Waals surface area contributed by atoms with Gasteiger partial charge in [-0.15, -0.1) is 0 Å². The summed E-state index contributed by atoms with van der Waals surface area (Å²) in [6.45, 7) is 2.04. The van der Waals surface area contributed by atoms with Crippen molar-refractivity contribution in [1.82, 2.24) is 4.98 Å². The molecule has 3 aromatic rings. The zero-order valence-corrected chi connectivity index (χ0v) is 12.3. The Hall–Kier alpha value is -2.01. The first-order valence-corrected chi connectivity index (χ1v) is 7.49. The molecule has 0 aliphatic rings. The van der Waals surface area contributed by atoms with Crippen LogP contribution < -0.4 is 5.32 Å². The van der Waals surface area contributed by atoms with E-state index in [0.717, 1.165) is 27.3 Å². The van der Waals surface area contributed by atoms with E-state index >= 15 is 0 Å². The molecule has 0 fully saturated rings. The van der Waals surface area contributed by atoms with E-state index in [0.29, 0.717) is 0 Å². The highest BCUT2D eigenvalue weighted by atomic mass is 32.1. The average Bonchev–Trinajstić information content (AvgIpc) is 2.82.